The summed E-state index contributed by atoms with van der Waals surface area (Å²) < 4.78 is 28.1. The van der Waals surface area contributed by atoms with Crippen molar-refractivity contribution in [1.82, 2.24) is 0 Å². The first-order valence-electron chi connectivity index (χ1n) is 6.24. The maximum atomic E-state index is 12.2. The van der Waals surface area contributed by atoms with Crippen molar-refractivity contribution in [1.29, 1.82) is 0 Å². The van der Waals surface area contributed by atoms with E-state index in [-0.39, 0.29) is 6.10 Å². The van der Waals surface area contributed by atoms with Crippen molar-refractivity contribution in [3.8, 4) is 0 Å². The molecule has 0 N–H and O–H groups in total. The summed E-state index contributed by atoms with van der Waals surface area (Å²) in [6, 6.07) is 0. The van der Waals surface area contributed by atoms with Crippen LogP contribution in [-0.4, -0.2) is 19.3 Å². The van der Waals surface area contributed by atoms with Gasteiger partial charge in [-0.25, -0.2) is 4.57 Å². The molecule has 0 aromatic carbocycles. The van der Waals surface area contributed by atoms with Crippen molar-refractivity contribution in [2.45, 2.75) is 45.6 Å². The summed E-state index contributed by atoms with van der Waals surface area (Å²) in [6.45, 7) is 4.32. The van der Waals surface area contributed by atoms with E-state index in [4.69, 9.17) is 13.6 Å². The molecule has 4 nitrogen and oxygen atoms in total. The Morgan fingerprint density at radius 3 is 2.25 bits per heavy atom. The van der Waals surface area contributed by atoms with Crippen LogP contribution in [-0.2, 0) is 18.1 Å². The molecule has 2 bridgehead atoms. The van der Waals surface area contributed by atoms with Crippen LogP contribution in [0.5, 0.6) is 0 Å². The highest BCUT2D eigenvalue weighted by Crippen LogP contribution is 2.56. The fourth-order valence-electron chi connectivity index (χ4n) is 2.90. The van der Waals surface area contributed by atoms with Crippen LogP contribution in [0, 0.1) is 11.8 Å². The molecule has 94 valence electrons. The van der Waals surface area contributed by atoms with Crippen molar-refractivity contribution in [3.63, 3.8) is 0 Å². The predicted octanol–water partition coefficient (Wildman–Crippen LogP) is 3.37. The van der Waals surface area contributed by atoms with E-state index in [1.165, 1.54) is 19.3 Å². The summed E-state index contributed by atoms with van der Waals surface area (Å²) in [6.07, 6.45) is 4.84. The monoisotopic (exact) mass is 248 g/mol. The Morgan fingerprint density at radius 1 is 1.12 bits per heavy atom. The van der Waals surface area contributed by atoms with Gasteiger partial charge in [-0.05, 0) is 51.4 Å². The second-order valence-corrected chi connectivity index (χ2v) is 6.22. The normalized spacial score (nSPS) is 33.5. The van der Waals surface area contributed by atoms with E-state index in [0.29, 0.717) is 19.1 Å². The van der Waals surface area contributed by atoms with E-state index >= 15 is 0 Å². The van der Waals surface area contributed by atoms with E-state index in [0.717, 1.165) is 12.3 Å². The number of hydrogen-bond acceptors (Lipinski definition) is 4. The summed E-state index contributed by atoms with van der Waals surface area (Å²) in [4.78, 5) is 0. The van der Waals surface area contributed by atoms with E-state index in [1.807, 2.05) is 0 Å². The first-order valence-corrected chi connectivity index (χ1v) is 7.70. The summed E-state index contributed by atoms with van der Waals surface area (Å²) >= 11 is 0. The van der Waals surface area contributed by atoms with E-state index in [9.17, 15) is 4.57 Å². The molecule has 2 rings (SSSR count). The van der Waals surface area contributed by atoms with Gasteiger partial charge in [-0.1, -0.05) is 0 Å². The fourth-order valence-corrected chi connectivity index (χ4v) is 4.31. The van der Waals surface area contributed by atoms with Crippen LogP contribution in [0.4, 0.5) is 0 Å². The zero-order valence-electron chi connectivity index (χ0n) is 10.1. The molecule has 2 saturated carbocycles. The van der Waals surface area contributed by atoms with Crippen LogP contribution in [0.15, 0.2) is 0 Å². The predicted molar refractivity (Wildman–Crippen MR) is 61.2 cm³/mol. The van der Waals surface area contributed by atoms with Gasteiger partial charge >= 0.3 is 7.82 Å². The molecule has 16 heavy (non-hydrogen) atoms. The third-order valence-corrected chi connectivity index (χ3v) is 5.19. The average molecular weight is 248 g/mol. The van der Waals surface area contributed by atoms with Gasteiger partial charge in [-0.3, -0.25) is 13.6 Å². The highest BCUT2D eigenvalue weighted by molar-refractivity contribution is 7.48. The average Bonchev–Trinajstić information content (AvgIpc) is 2.79. The Labute approximate surface area is 97.3 Å². The van der Waals surface area contributed by atoms with Crippen LogP contribution in [0.25, 0.3) is 0 Å². The SMILES string of the molecule is CCOP(=O)(OCC)O[C@H]1C[C@H]2CC[C@@H]1C2. The van der Waals surface area contributed by atoms with Crippen LogP contribution >= 0.6 is 7.82 Å². The molecule has 0 amide bonds. The van der Waals surface area contributed by atoms with Crippen LogP contribution in [0.2, 0.25) is 0 Å². The fraction of sp³-hybridized carbons (Fsp3) is 1.00. The lowest BCUT2D eigenvalue weighted by molar-refractivity contribution is 0.0578. The van der Waals surface area contributed by atoms with Gasteiger partial charge in [-0.15, -0.1) is 0 Å². The van der Waals surface area contributed by atoms with Gasteiger partial charge in [0.1, 0.15) is 0 Å². The maximum absolute atomic E-state index is 12.2. The van der Waals surface area contributed by atoms with Crippen LogP contribution in [0.3, 0.4) is 0 Å². The second kappa shape index (κ2) is 5.18. The van der Waals surface area contributed by atoms with E-state index in [1.54, 1.807) is 13.8 Å². The topological polar surface area (TPSA) is 44.8 Å². The summed E-state index contributed by atoms with van der Waals surface area (Å²) in [5, 5.41) is 0. The highest BCUT2D eigenvalue weighted by Gasteiger charge is 2.44. The first kappa shape index (κ1) is 12.6. The summed E-state index contributed by atoms with van der Waals surface area (Å²) in [7, 11) is -3.30. The molecule has 5 heteroatoms. The zero-order chi connectivity index (χ0) is 11.6. The lowest BCUT2D eigenvalue weighted by Gasteiger charge is -2.26. The van der Waals surface area contributed by atoms with Crippen molar-refractivity contribution < 1.29 is 18.1 Å². The minimum atomic E-state index is -3.30. The Hall–Kier alpha value is 0.110. The van der Waals surface area contributed by atoms with Crippen LogP contribution in [0.1, 0.15) is 39.5 Å². The van der Waals surface area contributed by atoms with Crippen molar-refractivity contribution in [3.05, 3.63) is 0 Å². The van der Waals surface area contributed by atoms with E-state index < -0.39 is 7.82 Å². The van der Waals surface area contributed by atoms with Crippen molar-refractivity contribution in [2.75, 3.05) is 13.2 Å². The summed E-state index contributed by atoms with van der Waals surface area (Å²) in [5.41, 5.74) is 0. The number of hydrogen-bond donors (Lipinski definition) is 0. The Kier molecular flexibility index (Phi) is 4.06. The minimum absolute atomic E-state index is 0.0858. The smallest absolute Gasteiger partial charge is 0.287 e. The third kappa shape index (κ3) is 2.67. The number of fused-ring (bicyclic) bond motifs is 2. The molecule has 0 aromatic rings. The number of phosphoric acid groups is 1. The molecule has 0 radical (unpaired) electrons. The zero-order valence-corrected chi connectivity index (χ0v) is 10.9. The Morgan fingerprint density at radius 2 is 1.81 bits per heavy atom. The Bertz CT molecular complexity index is 271. The number of phosphoric ester groups is 1. The molecule has 0 saturated heterocycles. The highest BCUT2D eigenvalue weighted by atomic mass is 31.2. The Balaban J connectivity index is 1.93. The van der Waals surface area contributed by atoms with Gasteiger partial charge in [-0.2, -0.15) is 0 Å². The molecule has 2 fully saturated rings. The molecular weight excluding hydrogens is 227 g/mol. The second-order valence-electron chi connectivity index (χ2n) is 4.60. The number of rotatable bonds is 6. The van der Waals surface area contributed by atoms with Gasteiger partial charge in [0.25, 0.3) is 0 Å². The van der Waals surface area contributed by atoms with Gasteiger partial charge in [0.05, 0.1) is 19.3 Å². The molecule has 3 atom stereocenters. The quantitative estimate of drug-likeness (QED) is 0.676. The largest absolute Gasteiger partial charge is 0.475 e. The lowest BCUT2D eigenvalue weighted by Crippen LogP contribution is -2.20. The molecular formula is C11H21O4P. The standard InChI is InChI=1S/C11H21O4P/c1-3-13-16(12,14-4-2)15-11-8-9-5-6-10(11)7-9/h9-11H,3-8H2,1-2H3/t9-,10+,11-/m0/s1. The van der Waals surface area contributed by atoms with Crippen molar-refractivity contribution in [2.24, 2.45) is 11.8 Å². The molecule has 2 aliphatic carbocycles. The van der Waals surface area contributed by atoms with Gasteiger partial charge < -0.3 is 0 Å². The van der Waals surface area contributed by atoms with Crippen molar-refractivity contribution >= 4 is 7.82 Å². The maximum Gasteiger partial charge on any atom is 0.475 e. The van der Waals surface area contributed by atoms with E-state index in [2.05, 4.69) is 0 Å². The molecule has 0 aliphatic heterocycles. The molecule has 0 unspecified atom stereocenters. The van der Waals surface area contributed by atoms with Crippen LogP contribution < -0.4 is 0 Å². The molecule has 0 aromatic heterocycles. The van der Waals surface area contributed by atoms with Gasteiger partial charge in [0.15, 0.2) is 0 Å². The lowest BCUT2D eigenvalue weighted by atomic mass is 9.98. The van der Waals surface area contributed by atoms with Gasteiger partial charge in [0.2, 0.25) is 0 Å². The van der Waals surface area contributed by atoms with Gasteiger partial charge in [0, 0.05) is 0 Å². The summed E-state index contributed by atoms with van der Waals surface area (Å²) in [5.74, 6) is 1.34. The first-order chi connectivity index (χ1) is 7.67. The third-order valence-electron chi connectivity index (χ3n) is 3.51. The minimum Gasteiger partial charge on any atom is -0.287 e. The molecule has 2 aliphatic rings. The molecule has 0 spiro atoms. The molecule has 0 heterocycles.